The molecule has 1 N–H and O–H groups in total. The Morgan fingerprint density at radius 2 is 1.69 bits per heavy atom. The number of nitrogens with zero attached hydrogens (tertiary/aromatic N) is 1. The number of benzene rings is 2. The molecule has 0 aliphatic carbocycles. The first-order chi connectivity index (χ1) is 13.9. The van der Waals surface area contributed by atoms with Crippen molar-refractivity contribution in [2.45, 2.75) is 37.2 Å². The Morgan fingerprint density at radius 1 is 1.00 bits per heavy atom. The summed E-state index contributed by atoms with van der Waals surface area (Å²) in [6.45, 7) is 2.42. The molecule has 1 atom stereocenters. The van der Waals surface area contributed by atoms with Crippen molar-refractivity contribution in [3.63, 3.8) is 0 Å². The third-order valence-corrected chi connectivity index (χ3v) is 6.61. The molecule has 29 heavy (non-hydrogen) atoms. The Kier molecular flexibility index (Phi) is 6.66. The van der Waals surface area contributed by atoms with Crippen LogP contribution in [0.1, 0.15) is 36.5 Å². The molecule has 3 rings (SSSR count). The molecule has 0 saturated carbocycles. The smallest absolute Gasteiger partial charge is 0.338 e. The highest BCUT2D eigenvalue weighted by Gasteiger charge is 2.27. The van der Waals surface area contributed by atoms with E-state index in [-0.39, 0.29) is 10.5 Å². The minimum Gasteiger partial charge on any atom is -0.449 e. The van der Waals surface area contributed by atoms with Crippen LogP contribution in [0.15, 0.2) is 59.5 Å². The van der Waals surface area contributed by atoms with Crippen molar-refractivity contribution in [3.05, 3.63) is 60.2 Å². The van der Waals surface area contributed by atoms with E-state index in [1.165, 1.54) is 35.5 Å². The largest absolute Gasteiger partial charge is 0.449 e. The molecule has 1 fully saturated rings. The fourth-order valence-electron chi connectivity index (χ4n) is 3.09. The van der Waals surface area contributed by atoms with Gasteiger partial charge in [-0.3, -0.25) is 4.79 Å². The van der Waals surface area contributed by atoms with Gasteiger partial charge in [-0.15, -0.1) is 0 Å². The van der Waals surface area contributed by atoms with E-state index in [1.54, 1.807) is 24.3 Å². The van der Waals surface area contributed by atoms with Crippen LogP contribution in [0, 0.1) is 0 Å². The molecular formula is C21H24N2O5S. The number of carbonyl (C=O) groups is 2. The summed E-state index contributed by atoms with van der Waals surface area (Å²) in [4.78, 5) is 24.7. The van der Waals surface area contributed by atoms with Crippen LogP contribution >= 0.6 is 0 Å². The third-order valence-electron chi connectivity index (χ3n) is 4.72. The lowest BCUT2D eigenvalue weighted by Crippen LogP contribution is -2.35. The quantitative estimate of drug-likeness (QED) is 0.731. The van der Waals surface area contributed by atoms with Gasteiger partial charge in [0.2, 0.25) is 10.0 Å². The van der Waals surface area contributed by atoms with Gasteiger partial charge in [0.15, 0.2) is 6.10 Å². The number of hydrogen-bond acceptors (Lipinski definition) is 5. The van der Waals surface area contributed by atoms with E-state index < -0.39 is 28.0 Å². The van der Waals surface area contributed by atoms with Crippen LogP contribution in [-0.4, -0.2) is 43.8 Å². The molecule has 0 radical (unpaired) electrons. The normalized spacial score (nSPS) is 16.0. The van der Waals surface area contributed by atoms with Gasteiger partial charge in [-0.1, -0.05) is 30.7 Å². The van der Waals surface area contributed by atoms with Gasteiger partial charge in [-0.25, -0.2) is 13.2 Å². The van der Waals surface area contributed by atoms with E-state index >= 15 is 0 Å². The molecule has 1 saturated heterocycles. The van der Waals surface area contributed by atoms with Crippen LogP contribution in [0.4, 0.5) is 5.69 Å². The maximum Gasteiger partial charge on any atom is 0.338 e. The fourth-order valence-corrected chi connectivity index (χ4v) is 4.65. The maximum atomic E-state index is 12.8. The molecule has 0 aromatic heterocycles. The molecule has 2 aromatic carbocycles. The monoisotopic (exact) mass is 416 g/mol. The van der Waals surface area contributed by atoms with E-state index in [1.807, 2.05) is 6.07 Å². The Morgan fingerprint density at radius 3 is 2.38 bits per heavy atom. The van der Waals surface area contributed by atoms with Crippen LogP contribution in [0.25, 0.3) is 0 Å². The summed E-state index contributed by atoms with van der Waals surface area (Å²) in [5, 5.41) is 2.66. The number of anilines is 1. The summed E-state index contributed by atoms with van der Waals surface area (Å²) in [6, 6.07) is 14.6. The molecule has 0 spiro atoms. The van der Waals surface area contributed by atoms with Crippen LogP contribution in [-0.2, 0) is 19.6 Å². The number of esters is 1. The molecule has 8 heteroatoms. The minimum absolute atomic E-state index is 0.0511. The predicted octanol–water partition coefficient (Wildman–Crippen LogP) is 3.05. The van der Waals surface area contributed by atoms with Crippen molar-refractivity contribution < 1.29 is 22.7 Å². The summed E-state index contributed by atoms with van der Waals surface area (Å²) >= 11 is 0. The molecule has 2 aromatic rings. The number of para-hydroxylation sites is 1. The van der Waals surface area contributed by atoms with Crippen LogP contribution in [0.5, 0.6) is 0 Å². The second kappa shape index (κ2) is 9.19. The first-order valence-electron chi connectivity index (χ1n) is 9.55. The average molecular weight is 416 g/mol. The van der Waals surface area contributed by atoms with E-state index in [0.29, 0.717) is 18.8 Å². The minimum atomic E-state index is -3.66. The van der Waals surface area contributed by atoms with E-state index in [4.69, 9.17) is 4.74 Å². The topological polar surface area (TPSA) is 92.8 Å². The second-order valence-electron chi connectivity index (χ2n) is 6.90. The Labute approximate surface area is 170 Å². The number of hydrogen-bond donors (Lipinski definition) is 1. The number of carbonyl (C=O) groups excluding carboxylic acids is 2. The standard InChI is InChI=1S/C21H24N2O5S/c1-16(20(24)22-18-10-4-2-5-11-18)28-21(25)17-9-8-12-19(15-17)29(26,27)23-13-6-3-7-14-23/h2,4-5,8-12,15-16H,3,6-7,13-14H2,1H3,(H,22,24)/t16-/m0/s1. The summed E-state index contributed by atoms with van der Waals surface area (Å²) in [6.07, 6.45) is 1.63. The van der Waals surface area contributed by atoms with Crippen molar-refractivity contribution in [3.8, 4) is 0 Å². The zero-order valence-electron chi connectivity index (χ0n) is 16.2. The van der Waals surface area contributed by atoms with E-state index in [9.17, 15) is 18.0 Å². The Bertz CT molecular complexity index is 970. The Balaban J connectivity index is 1.68. The van der Waals surface area contributed by atoms with Gasteiger partial charge < -0.3 is 10.1 Å². The number of ether oxygens (including phenoxy) is 1. The van der Waals surface area contributed by atoms with Crippen molar-refractivity contribution in [1.82, 2.24) is 4.31 Å². The first-order valence-corrected chi connectivity index (χ1v) is 11.0. The van der Waals surface area contributed by atoms with E-state index in [0.717, 1.165) is 19.3 Å². The third kappa shape index (κ3) is 5.21. The lowest BCUT2D eigenvalue weighted by atomic mass is 10.2. The average Bonchev–Trinajstić information content (AvgIpc) is 2.75. The second-order valence-corrected chi connectivity index (χ2v) is 8.83. The lowest BCUT2D eigenvalue weighted by molar-refractivity contribution is -0.123. The van der Waals surface area contributed by atoms with Crippen LogP contribution in [0.3, 0.4) is 0 Å². The highest BCUT2D eigenvalue weighted by molar-refractivity contribution is 7.89. The van der Waals surface area contributed by atoms with E-state index in [2.05, 4.69) is 5.32 Å². The zero-order valence-corrected chi connectivity index (χ0v) is 17.0. The number of nitrogens with one attached hydrogen (secondary N) is 1. The number of amides is 1. The molecule has 1 amide bonds. The van der Waals surface area contributed by atoms with Gasteiger partial charge in [0.05, 0.1) is 10.5 Å². The first kappa shape index (κ1) is 21.0. The van der Waals surface area contributed by atoms with Crippen molar-refractivity contribution in [1.29, 1.82) is 0 Å². The number of rotatable bonds is 6. The van der Waals surface area contributed by atoms with Gasteiger partial charge in [0.1, 0.15) is 0 Å². The predicted molar refractivity (Wildman–Crippen MR) is 109 cm³/mol. The van der Waals surface area contributed by atoms with Gasteiger partial charge in [0.25, 0.3) is 5.91 Å². The molecule has 0 unspecified atom stereocenters. The molecule has 1 aliphatic rings. The van der Waals surface area contributed by atoms with Gasteiger partial charge in [0, 0.05) is 18.8 Å². The number of piperidine rings is 1. The molecule has 7 nitrogen and oxygen atoms in total. The summed E-state index contributed by atoms with van der Waals surface area (Å²) < 4.78 is 32.3. The molecule has 154 valence electrons. The highest BCUT2D eigenvalue weighted by atomic mass is 32.2. The van der Waals surface area contributed by atoms with Gasteiger partial charge in [-0.05, 0) is 50.1 Å². The van der Waals surface area contributed by atoms with Gasteiger partial charge >= 0.3 is 5.97 Å². The zero-order chi connectivity index (χ0) is 20.9. The maximum absolute atomic E-state index is 12.8. The lowest BCUT2D eigenvalue weighted by Gasteiger charge is -2.26. The fraction of sp³-hybridized carbons (Fsp3) is 0.333. The van der Waals surface area contributed by atoms with Crippen molar-refractivity contribution in [2.24, 2.45) is 0 Å². The van der Waals surface area contributed by atoms with Crippen LogP contribution < -0.4 is 5.32 Å². The summed E-state index contributed by atoms with van der Waals surface area (Å²) in [5.41, 5.74) is 0.678. The summed E-state index contributed by atoms with van der Waals surface area (Å²) in [7, 11) is -3.66. The van der Waals surface area contributed by atoms with Crippen molar-refractivity contribution in [2.75, 3.05) is 18.4 Å². The van der Waals surface area contributed by atoms with Crippen molar-refractivity contribution >= 4 is 27.6 Å². The SMILES string of the molecule is C[C@H](OC(=O)c1cccc(S(=O)(=O)N2CCCCC2)c1)C(=O)Nc1ccccc1. The van der Waals surface area contributed by atoms with Gasteiger partial charge in [-0.2, -0.15) is 4.31 Å². The molecule has 1 aliphatic heterocycles. The molecule has 1 heterocycles. The summed E-state index contributed by atoms with van der Waals surface area (Å²) in [5.74, 6) is -1.22. The molecule has 0 bridgehead atoms. The molecular weight excluding hydrogens is 392 g/mol. The Hall–Kier alpha value is -2.71. The highest BCUT2D eigenvalue weighted by Crippen LogP contribution is 2.22. The van der Waals surface area contributed by atoms with Crippen LogP contribution in [0.2, 0.25) is 0 Å². The number of sulfonamides is 1.